The molecule has 0 saturated carbocycles. The number of benzene rings is 1. The predicted molar refractivity (Wildman–Crippen MR) is 117 cm³/mol. The molecule has 30 heavy (non-hydrogen) atoms. The highest BCUT2D eigenvalue weighted by atomic mass is 32.2. The summed E-state index contributed by atoms with van der Waals surface area (Å²) in [4.78, 5) is 15.1. The van der Waals surface area contributed by atoms with Crippen molar-refractivity contribution in [3.05, 3.63) is 28.3 Å². The van der Waals surface area contributed by atoms with Gasteiger partial charge in [-0.1, -0.05) is 6.07 Å². The summed E-state index contributed by atoms with van der Waals surface area (Å²) in [7, 11) is -3.92. The third-order valence-electron chi connectivity index (χ3n) is 7.43. The lowest BCUT2D eigenvalue weighted by molar-refractivity contribution is 0.195. The first-order valence-electron chi connectivity index (χ1n) is 11.4. The fraction of sp³-hybridized carbons (Fsp3) is 0.682. The fourth-order valence-corrected chi connectivity index (χ4v) is 7.42. The molecule has 2 bridgehead atoms. The normalized spacial score (nSPS) is 27.5. The zero-order valence-electron chi connectivity index (χ0n) is 17.8. The van der Waals surface area contributed by atoms with Crippen LogP contribution in [0.15, 0.2) is 6.07 Å². The molecule has 3 unspecified atom stereocenters. The van der Waals surface area contributed by atoms with Gasteiger partial charge in [-0.3, -0.25) is 4.90 Å². The quantitative estimate of drug-likeness (QED) is 0.667. The van der Waals surface area contributed by atoms with Crippen LogP contribution in [-0.4, -0.2) is 43.5 Å². The number of rotatable bonds is 5. The van der Waals surface area contributed by atoms with Gasteiger partial charge in [-0.2, -0.15) is 13.1 Å². The molecule has 1 aromatic rings. The summed E-state index contributed by atoms with van der Waals surface area (Å²) in [5.41, 5.74) is 5.86. The summed E-state index contributed by atoms with van der Waals surface area (Å²) in [6.45, 7) is 4.31. The van der Waals surface area contributed by atoms with Crippen molar-refractivity contribution in [2.24, 2.45) is 0 Å². The van der Waals surface area contributed by atoms with Crippen LogP contribution in [0.2, 0.25) is 0 Å². The van der Waals surface area contributed by atoms with Gasteiger partial charge in [0.1, 0.15) is 0 Å². The van der Waals surface area contributed by atoms with Crippen molar-refractivity contribution in [3.8, 4) is 0 Å². The molecule has 0 radical (unpaired) electrons. The monoisotopic (exact) mass is 432 g/mol. The lowest BCUT2D eigenvalue weighted by atomic mass is 9.96. The molecule has 2 amide bonds. The molecule has 3 N–H and O–H groups in total. The van der Waals surface area contributed by atoms with Crippen LogP contribution in [0.4, 0.5) is 10.5 Å². The molecule has 0 aromatic heterocycles. The van der Waals surface area contributed by atoms with Gasteiger partial charge in [-0.05, 0) is 93.9 Å². The molecule has 0 spiro atoms. The van der Waals surface area contributed by atoms with Crippen molar-refractivity contribution in [2.75, 3.05) is 5.32 Å². The van der Waals surface area contributed by atoms with Crippen molar-refractivity contribution >= 4 is 21.9 Å². The van der Waals surface area contributed by atoms with E-state index in [4.69, 9.17) is 0 Å². The number of urea groups is 1. The second-order valence-corrected chi connectivity index (χ2v) is 11.0. The highest BCUT2D eigenvalue weighted by Crippen LogP contribution is 2.40. The molecule has 7 nitrogen and oxygen atoms in total. The van der Waals surface area contributed by atoms with Crippen LogP contribution in [-0.2, 0) is 35.9 Å². The second-order valence-electron chi connectivity index (χ2n) is 9.59. The SMILES string of the molecule is CC(C)N1C2CCC1C(NS(=O)(=O)NC(=O)Nc1c3c(cc4c1CCC4)CCC3)C2. The molecular weight excluding hydrogens is 400 g/mol. The maximum absolute atomic E-state index is 12.7. The van der Waals surface area contributed by atoms with E-state index in [0.717, 1.165) is 63.5 Å². The maximum Gasteiger partial charge on any atom is 0.333 e. The molecule has 1 aromatic carbocycles. The molecule has 2 aliphatic heterocycles. The number of carbonyl (C=O) groups is 1. The van der Waals surface area contributed by atoms with E-state index in [1.807, 2.05) is 0 Å². The van der Waals surface area contributed by atoms with E-state index in [-0.39, 0.29) is 12.1 Å². The number of anilines is 1. The largest absolute Gasteiger partial charge is 0.333 e. The minimum absolute atomic E-state index is 0.137. The number of aryl methyl sites for hydroxylation is 2. The molecule has 2 saturated heterocycles. The molecule has 2 aliphatic carbocycles. The Kier molecular flexibility index (Phi) is 5.07. The Morgan fingerprint density at radius 1 is 1.07 bits per heavy atom. The van der Waals surface area contributed by atoms with Gasteiger partial charge in [-0.25, -0.2) is 9.52 Å². The second kappa shape index (κ2) is 7.50. The predicted octanol–water partition coefficient (Wildman–Crippen LogP) is 2.63. The highest BCUT2D eigenvalue weighted by Gasteiger charge is 2.48. The Morgan fingerprint density at radius 2 is 1.73 bits per heavy atom. The zero-order valence-corrected chi connectivity index (χ0v) is 18.6. The molecule has 3 atom stereocenters. The fourth-order valence-electron chi connectivity index (χ4n) is 6.42. The third kappa shape index (κ3) is 3.52. The molecule has 164 valence electrons. The summed E-state index contributed by atoms with van der Waals surface area (Å²) in [6, 6.07) is 2.54. The van der Waals surface area contributed by atoms with Crippen LogP contribution >= 0.6 is 0 Å². The van der Waals surface area contributed by atoms with Gasteiger partial charge in [0, 0.05) is 29.9 Å². The number of hydrogen-bond donors (Lipinski definition) is 3. The molecule has 2 fully saturated rings. The van der Waals surface area contributed by atoms with Crippen molar-refractivity contribution in [3.63, 3.8) is 0 Å². The maximum atomic E-state index is 12.7. The van der Waals surface area contributed by atoms with E-state index in [1.54, 1.807) is 0 Å². The highest BCUT2D eigenvalue weighted by molar-refractivity contribution is 7.88. The van der Waals surface area contributed by atoms with E-state index in [9.17, 15) is 13.2 Å². The number of nitrogens with zero attached hydrogens (tertiary/aromatic N) is 1. The summed E-state index contributed by atoms with van der Waals surface area (Å²) in [5, 5.41) is 2.91. The molecule has 4 aliphatic rings. The van der Waals surface area contributed by atoms with Gasteiger partial charge >= 0.3 is 16.2 Å². The molecular formula is C22H32N4O3S. The first kappa shape index (κ1) is 20.3. The Labute approximate surface area is 179 Å². The average Bonchev–Trinajstić information content (AvgIpc) is 3.43. The molecule has 8 heteroatoms. The Balaban J connectivity index is 1.28. The van der Waals surface area contributed by atoms with E-state index < -0.39 is 16.2 Å². The number of carbonyl (C=O) groups excluding carboxylic acids is 1. The van der Waals surface area contributed by atoms with Crippen LogP contribution in [0.1, 0.15) is 68.2 Å². The zero-order chi connectivity index (χ0) is 21.0. The Morgan fingerprint density at radius 3 is 2.33 bits per heavy atom. The molecule has 5 rings (SSSR count). The van der Waals surface area contributed by atoms with Crippen molar-refractivity contribution in [2.45, 2.75) is 95.8 Å². The Bertz CT molecular complexity index is 943. The molecule has 2 heterocycles. The van der Waals surface area contributed by atoms with Crippen molar-refractivity contribution < 1.29 is 13.2 Å². The van der Waals surface area contributed by atoms with Gasteiger partial charge in [0.25, 0.3) is 0 Å². The van der Waals surface area contributed by atoms with Crippen LogP contribution in [0.25, 0.3) is 0 Å². The van der Waals surface area contributed by atoms with Gasteiger partial charge < -0.3 is 5.32 Å². The number of amides is 2. The van der Waals surface area contributed by atoms with E-state index >= 15 is 0 Å². The van der Waals surface area contributed by atoms with E-state index in [1.165, 1.54) is 22.3 Å². The topological polar surface area (TPSA) is 90.5 Å². The van der Waals surface area contributed by atoms with E-state index in [0.29, 0.717) is 12.1 Å². The lowest BCUT2D eigenvalue weighted by Gasteiger charge is -2.28. The van der Waals surface area contributed by atoms with Crippen molar-refractivity contribution in [1.82, 2.24) is 14.3 Å². The van der Waals surface area contributed by atoms with Crippen LogP contribution in [0, 0.1) is 0 Å². The Hall–Kier alpha value is -1.64. The summed E-state index contributed by atoms with van der Waals surface area (Å²) >= 11 is 0. The first-order chi connectivity index (χ1) is 14.3. The number of hydrogen-bond acceptors (Lipinski definition) is 4. The third-order valence-corrected chi connectivity index (χ3v) is 8.50. The smallest absolute Gasteiger partial charge is 0.307 e. The van der Waals surface area contributed by atoms with Crippen LogP contribution in [0.5, 0.6) is 0 Å². The number of nitrogens with one attached hydrogen (secondary N) is 3. The van der Waals surface area contributed by atoms with Crippen LogP contribution in [0.3, 0.4) is 0 Å². The number of fused-ring (bicyclic) bond motifs is 4. The van der Waals surface area contributed by atoms with Gasteiger partial charge in [0.2, 0.25) is 0 Å². The summed E-state index contributed by atoms with van der Waals surface area (Å²) in [5.74, 6) is 0. The van der Waals surface area contributed by atoms with Gasteiger partial charge in [0.15, 0.2) is 0 Å². The van der Waals surface area contributed by atoms with E-state index in [2.05, 4.69) is 39.6 Å². The minimum Gasteiger partial charge on any atom is -0.307 e. The van der Waals surface area contributed by atoms with Crippen LogP contribution < -0.4 is 14.8 Å². The first-order valence-corrected chi connectivity index (χ1v) is 12.9. The van der Waals surface area contributed by atoms with Gasteiger partial charge in [0.05, 0.1) is 0 Å². The minimum atomic E-state index is -3.92. The summed E-state index contributed by atoms with van der Waals surface area (Å²) in [6.07, 6.45) is 9.08. The average molecular weight is 433 g/mol. The van der Waals surface area contributed by atoms with Gasteiger partial charge in [-0.15, -0.1) is 0 Å². The summed E-state index contributed by atoms with van der Waals surface area (Å²) < 4.78 is 30.4. The van der Waals surface area contributed by atoms with Crippen molar-refractivity contribution in [1.29, 1.82) is 0 Å². The standard InChI is InChI=1S/C22H32N4O3S/c1-13(2)26-16-9-10-20(26)19(12-16)24-30(28,29)25-22(27)23-21-17-7-3-5-14(17)11-15-6-4-8-18(15)21/h11,13,16,19-20,24H,3-10,12H2,1-2H3,(H2,23,25,27). The lowest BCUT2D eigenvalue weighted by Crippen LogP contribution is -2.51.